The molecular formula is C21H23NO2. The van der Waals surface area contributed by atoms with Crippen molar-refractivity contribution in [2.45, 2.75) is 44.4 Å². The van der Waals surface area contributed by atoms with Crippen LogP contribution < -0.4 is 0 Å². The fourth-order valence-corrected chi connectivity index (χ4v) is 3.80. The van der Waals surface area contributed by atoms with Crippen LogP contribution >= 0.6 is 0 Å². The van der Waals surface area contributed by atoms with Gasteiger partial charge in [0, 0.05) is 18.7 Å². The second-order valence-corrected chi connectivity index (χ2v) is 6.83. The molecule has 2 aromatic carbocycles. The Morgan fingerprint density at radius 1 is 1.08 bits per heavy atom. The van der Waals surface area contributed by atoms with Crippen LogP contribution in [0.3, 0.4) is 0 Å². The van der Waals surface area contributed by atoms with Gasteiger partial charge < -0.3 is 9.64 Å². The first kappa shape index (κ1) is 15.4. The van der Waals surface area contributed by atoms with Gasteiger partial charge in [0.25, 0.3) is 5.91 Å². The number of aryl methyl sites for hydroxylation is 1. The molecule has 124 valence electrons. The lowest BCUT2D eigenvalue weighted by atomic mass is 10.0. The number of methoxy groups -OCH3 is 1. The van der Waals surface area contributed by atoms with Crippen molar-refractivity contribution in [2.24, 2.45) is 0 Å². The lowest BCUT2D eigenvalue weighted by Gasteiger charge is -2.30. The Hall–Kier alpha value is -2.13. The van der Waals surface area contributed by atoms with E-state index in [9.17, 15) is 4.79 Å². The van der Waals surface area contributed by atoms with Crippen LogP contribution in [-0.2, 0) is 17.8 Å². The first-order valence-corrected chi connectivity index (χ1v) is 8.76. The zero-order chi connectivity index (χ0) is 16.5. The van der Waals surface area contributed by atoms with E-state index < -0.39 is 0 Å². The van der Waals surface area contributed by atoms with Crippen molar-refractivity contribution >= 4 is 5.91 Å². The molecule has 24 heavy (non-hydrogen) atoms. The van der Waals surface area contributed by atoms with Crippen LogP contribution in [0.15, 0.2) is 48.5 Å². The van der Waals surface area contributed by atoms with E-state index in [4.69, 9.17) is 4.74 Å². The Kier molecular flexibility index (Phi) is 4.11. The van der Waals surface area contributed by atoms with Gasteiger partial charge in [-0.1, -0.05) is 36.4 Å². The van der Waals surface area contributed by atoms with Crippen molar-refractivity contribution in [3.8, 4) is 0 Å². The van der Waals surface area contributed by atoms with E-state index in [1.54, 1.807) is 7.11 Å². The van der Waals surface area contributed by atoms with Gasteiger partial charge in [-0.3, -0.25) is 4.79 Å². The van der Waals surface area contributed by atoms with Crippen LogP contribution in [0.2, 0.25) is 0 Å². The summed E-state index contributed by atoms with van der Waals surface area (Å²) in [6, 6.07) is 17.1. The molecule has 1 fully saturated rings. The van der Waals surface area contributed by atoms with Crippen LogP contribution in [0.4, 0.5) is 0 Å². The zero-order valence-corrected chi connectivity index (χ0v) is 14.1. The van der Waals surface area contributed by atoms with E-state index in [1.807, 2.05) is 24.3 Å². The molecule has 3 nitrogen and oxygen atoms in total. The van der Waals surface area contributed by atoms with Gasteiger partial charge in [-0.05, 0) is 54.5 Å². The number of benzene rings is 2. The minimum atomic E-state index is 0.170. The summed E-state index contributed by atoms with van der Waals surface area (Å²) in [5, 5.41) is 0. The highest BCUT2D eigenvalue weighted by molar-refractivity contribution is 5.95. The topological polar surface area (TPSA) is 29.5 Å². The number of fused-ring (bicyclic) bond motifs is 1. The average Bonchev–Trinajstić information content (AvgIpc) is 3.36. The molecule has 0 unspecified atom stereocenters. The molecule has 2 aliphatic rings. The van der Waals surface area contributed by atoms with Crippen LogP contribution in [0.1, 0.15) is 52.4 Å². The highest BCUT2D eigenvalue weighted by Crippen LogP contribution is 2.42. The lowest BCUT2D eigenvalue weighted by molar-refractivity contribution is 0.0658. The maximum Gasteiger partial charge on any atom is 0.254 e. The van der Waals surface area contributed by atoms with Crippen LogP contribution in [0.5, 0.6) is 0 Å². The maximum absolute atomic E-state index is 13.2. The fourth-order valence-electron chi connectivity index (χ4n) is 3.80. The van der Waals surface area contributed by atoms with Gasteiger partial charge in [-0.25, -0.2) is 0 Å². The molecule has 0 heterocycles. The number of hydrogen-bond donors (Lipinski definition) is 0. The maximum atomic E-state index is 13.2. The Bertz CT molecular complexity index is 734. The molecule has 2 aliphatic carbocycles. The third-order valence-electron chi connectivity index (χ3n) is 5.12. The zero-order valence-electron chi connectivity index (χ0n) is 14.1. The molecule has 0 aliphatic heterocycles. The van der Waals surface area contributed by atoms with E-state index in [-0.39, 0.29) is 11.9 Å². The number of ether oxygens (including phenoxy) is 1. The smallest absolute Gasteiger partial charge is 0.254 e. The van der Waals surface area contributed by atoms with Crippen molar-refractivity contribution in [1.82, 2.24) is 4.90 Å². The monoisotopic (exact) mass is 321 g/mol. The van der Waals surface area contributed by atoms with Crippen LogP contribution in [-0.4, -0.2) is 24.0 Å². The molecular weight excluding hydrogens is 298 g/mol. The molecule has 1 saturated carbocycles. The third-order valence-corrected chi connectivity index (χ3v) is 5.12. The Balaban J connectivity index is 1.61. The third kappa shape index (κ3) is 2.84. The number of carbonyl (C=O) groups excluding carboxylic acids is 1. The molecule has 3 heteroatoms. The molecule has 4 rings (SSSR count). The summed E-state index contributed by atoms with van der Waals surface area (Å²) in [7, 11) is 1.69. The van der Waals surface area contributed by atoms with Crippen molar-refractivity contribution in [2.75, 3.05) is 7.11 Å². The van der Waals surface area contributed by atoms with E-state index in [0.29, 0.717) is 12.6 Å². The normalized spacial score (nSPS) is 19.1. The average molecular weight is 321 g/mol. The SMILES string of the molecule is COCc1ccc(C(=O)N(C2CC2)[C@@H]2CCc3ccccc32)cc1. The molecule has 0 spiro atoms. The number of hydrogen-bond acceptors (Lipinski definition) is 2. The second kappa shape index (κ2) is 6.40. The quantitative estimate of drug-likeness (QED) is 0.829. The fraction of sp³-hybridized carbons (Fsp3) is 0.381. The van der Waals surface area contributed by atoms with Crippen LogP contribution in [0.25, 0.3) is 0 Å². The number of rotatable bonds is 5. The van der Waals surface area contributed by atoms with Crippen LogP contribution in [0, 0.1) is 0 Å². The summed E-state index contributed by atoms with van der Waals surface area (Å²) in [5.74, 6) is 0.170. The number of carbonyl (C=O) groups is 1. The standard InChI is InChI=1S/C21H23NO2/c1-24-14-15-6-8-17(9-7-15)21(23)22(18-11-12-18)20-13-10-16-4-2-3-5-19(16)20/h2-9,18,20H,10-14H2,1H3/t20-/m1/s1. The molecule has 0 saturated heterocycles. The first-order valence-electron chi connectivity index (χ1n) is 8.76. The number of nitrogens with zero attached hydrogens (tertiary/aromatic N) is 1. The summed E-state index contributed by atoms with van der Waals surface area (Å²) in [4.78, 5) is 15.3. The summed E-state index contributed by atoms with van der Waals surface area (Å²) >= 11 is 0. The molecule has 1 amide bonds. The van der Waals surface area contributed by atoms with Gasteiger partial charge in [-0.15, -0.1) is 0 Å². The first-order chi connectivity index (χ1) is 11.8. The summed E-state index contributed by atoms with van der Waals surface area (Å²) in [6.07, 6.45) is 4.38. The van der Waals surface area contributed by atoms with Gasteiger partial charge in [0.2, 0.25) is 0 Å². The Morgan fingerprint density at radius 3 is 2.54 bits per heavy atom. The summed E-state index contributed by atoms with van der Waals surface area (Å²) < 4.78 is 5.15. The lowest BCUT2D eigenvalue weighted by Crippen LogP contribution is -2.36. The minimum absolute atomic E-state index is 0.170. The largest absolute Gasteiger partial charge is 0.380 e. The summed E-state index contributed by atoms with van der Waals surface area (Å²) in [6.45, 7) is 0.580. The molecule has 1 atom stereocenters. The van der Waals surface area contributed by atoms with Gasteiger partial charge >= 0.3 is 0 Å². The van der Waals surface area contributed by atoms with Crippen molar-refractivity contribution in [1.29, 1.82) is 0 Å². The Labute approximate surface area is 143 Å². The van der Waals surface area contributed by atoms with Gasteiger partial charge in [0.1, 0.15) is 0 Å². The molecule has 0 aromatic heterocycles. The van der Waals surface area contributed by atoms with Crippen molar-refractivity contribution in [3.05, 3.63) is 70.8 Å². The highest BCUT2D eigenvalue weighted by atomic mass is 16.5. The minimum Gasteiger partial charge on any atom is -0.380 e. The predicted octanol–water partition coefficient (Wildman–Crippen LogP) is 4.13. The van der Waals surface area contributed by atoms with E-state index in [0.717, 1.165) is 36.8 Å². The van der Waals surface area contributed by atoms with E-state index in [2.05, 4.69) is 29.2 Å². The van der Waals surface area contributed by atoms with Crippen molar-refractivity contribution < 1.29 is 9.53 Å². The van der Waals surface area contributed by atoms with Gasteiger partial charge in [0.15, 0.2) is 0 Å². The molecule has 0 bridgehead atoms. The molecule has 0 N–H and O–H groups in total. The van der Waals surface area contributed by atoms with E-state index >= 15 is 0 Å². The van der Waals surface area contributed by atoms with E-state index in [1.165, 1.54) is 11.1 Å². The summed E-state index contributed by atoms with van der Waals surface area (Å²) in [5.41, 5.74) is 4.62. The van der Waals surface area contributed by atoms with Crippen molar-refractivity contribution in [3.63, 3.8) is 0 Å². The number of amides is 1. The highest BCUT2D eigenvalue weighted by Gasteiger charge is 2.40. The molecule has 2 aromatic rings. The van der Waals surface area contributed by atoms with Gasteiger partial charge in [-0.2, -0.15) is 0 Å². The van der Waals surface area contributed by atoms with Gasteiger partial charge in [0.05, 0.1) is 12.6 Å². The predicted molar refractivity (Wildman–Crippen MR) is 93.9 cm³/mol. The molecule has 0 radical (unpaired) electrons. The Morgan fingerprint density at radius 2 is 1.83 bits per heavy atom. The second-order valence-electron chi connectivity index (χ2n) is 6.83.